The first kappa shape index (κ1) is 15.1. The Hall–Kier alpha value is -0.910. The lowest BCUT2D eigenvalue weighted by molar-refractivity contribution is 0.356. The van der Waals surface area contributed by atoms with Crippen molar-refractivity contribution in [2.24, 2.45) is 0 Å². The van der Waals surface area contributed by atoms with Crippen molar-refractivity contribution in [3.8, 4) is 0 Å². The van der Waals surface area contributed by atoms with Crippen LogP contribution in [0.25, 0.3) is 0 Å². The Morgan fingerprint density at radius 1 is 1.11 bits per heavy atom. The van der Waals surface area contributed by atoms with Crippen molar-refractivity contribution in [3.05, 3.63) is 35.4 Å². The summed E-state index contributed by atoms with van der Waals surface area (Å²) >= 11 is 0. The fourth-order valence-corrected chi connectivity index (χ4v) is 2.72. The largest absolute Gasteiger partial charge is 0.281 e. The maximum Gasteiger partial charge on any atom is 0.281 e. The molecule has 4 nitrogen and oxygen atoms in total. The molecule has 0 saturated heterocycles. The highest BCUT2D eigenvalue weighted by Gasteiger charge is 2.25. The minimum Gasteiger partial charge on any atom is -0.195 e. The second-order valence-corrected chi connectivity index (χ2v) is 7.05. The van der Waals surface area contributed by atoms with Crippen LogP contribution in [0.15, 0.2) is 24.3 Å². The van der Waals surface area contributed by atoms with Crippen LogP contribution in [0.1, 0.15) is 18.1 Å². The van der Waals surface area contributed by atoms with Crippen LogP contribution in [0.4, 0.5) is 0 Å². The van der Waals surface area contributed by atoms with Gasteiger partial charge < -0.3 is 0 Å². The third-order valence-corrected chi connectivity index (χ3v) is 5.11. The zero-order chi connectivity index (χ0) is 13.9. The van der Waals surface area contributed by atoms with Crippen LogP contribution in [0.2, 0.25) is 0 Å². The predicted octanol–water partition coefficient (Wildman–Crippen LogP) is 1.66. The zero-order valence-electron chi connectivity index (χ0n) is 11.7. The molecule has 18 heavy (non-hydrogen) atoms. The van der Waals surface area contributed by atoms with E-state index in [9.17, 15) is 8.42 Å². The summed E-state index contributed by atoms with van der Waals surface area (Å²) in [5.74, 6) is 0. The van der Waals surface area contributed by atoms with E-state index in [0.717, 1.165) is 5.56 Å². The van der Waals surface area contributed by atoms with Gasteiger partial charge in [0.15, 0.2) is 0 Å². The number of aryl methyl sites for hydroxylation is 1. The standard InChI is InChI=1S/C13H22N2O2S/c1-11-6-8-13(9-7-11)10-12(2)15(5)18(16,17)14(3)4/h6-9,12H,10H2,1-5H3/t12-/m1/s1. The van der Waals surface area contributed by atoms with Gasteiger partial charge in [-0.3, -0.25) is 0 Å². The smallest absolute Gasteiger partial charge is 0.195 e. The number of benzene rings is 1. The summed E-state index contributed by atoms with van der Waals surface area (Å²) in [5, 5.41) is 0. The molecule has 1 aromatic carbocycles. The van der Waals surface area contributed by atoms with Crippen molar-refractivity contribution in [2.45, 2.75) is 26.3 Å². The van der Waals surface area contributed by atoms with Crippen LogP contribution in [0.3, 0.4) is 0 Å². The van der Waals surface area contributed by atoms with Gasteiger partial charge in [0, 0.05) is 27.2 Å². The van der Waals surface area contributed by atoms with E-state index < -0.39 is 10.2 Å². The SMILES string of the molecule is Cc1ccc(C[C@@H](C)N(C)S(=O)(=O)N(C)C)cc1. The van der Waals surface area contributed by atoms with Gasteiger partial charge in [-0.1, -0.05) is 29.8 Å². The molecule has 5 heteroatoms. The molecular formula is C13H22N2O2S. The second-order valence-electron chi connectivity index (χ2n) is 4.85. The van der Waals surface area contributed by atoms with Gasteiger partial charge in [-0.25, -0.2) is 0 Å². The third kappa shape index (κ3) is 3.54. The molecule has 1 rings (SSSR count). The lowest BCUT2D eigenvalue weighted by Gasteiger charge is -2.27. The molecular weight excluding hydrogens is 248 g/mol. The normalized spacial score (nSPS) is 14.2. The number of hydrogen-bond acceptors (Lipinski definition) is 2. The average Bonchev–Trinajstić information content (AvgIpc) is 2.30. The van der Waals surface area contributed by atoms with Crippen molar-refractivity contribution >= 4 is 10.2 Å². The summed E-state index contributed by atoms with van der Waals surface area (Å²) in [4.78, 5) is 0. The molecule has 0 aromatic heterocycles. The van der Waals surface area contributed by atoms with E-state index in [1.807, 2.05) is 38.1 Å². The minimum absolute atomic E-state index is 0.0693. The van der Waals surface area contributed by atoms with Crippen LogP contribution in [-0.2, 0) is 16.6 Å². The van der Waals surface area contributed by atoms with Crippen LogP contribution < -0.4 is 0 Å². The lowest BCUT2D eigenvalue weighted by atomic mass is 10.1. The van der Waals surface area contributed by atoms with Crippen molar-refractivity contribution in [1.82, 2.24) is 8.61 Å². The van der Waals surface area contributed by atoms with Crippen molar-refractivity contribution in [2.75, 3.05) is 21.1 Å². The molecule has 0 bridgehead atoms. The fraction of sp³-hybridized carbons (Fsp3) is 0.538. The van der Waals surface area contributed by atoms with Gasteiger partial charge in [0.2, 0.25) is 0 Å². The Morgan fingerprint density at radius 3 is 2.06 bits per heavy atom. The van der Waals surface area contributed by atoms with E-state index in [4.69, 9.17) is 0 Å². The molecule has 0 radical (unpaired) electrons. The first-order valence-corrected chi connectivity index (χ1v) is 7.36. The fourth-order valence-electron chi connectivity index (χ4n) is 1.68. The molecule has 0 fully saturated rings. The van der Waals surface area contributed by atoms with E-state index in [-0.39, 0.29) is 6.04 Å². The van der Waals surface area contributed by atoms with Crippen molar-refractivity contribution < 1.29 is 8.42 Å². The molecule has 0 amide bonds. The second kappa shape index (κ2) is 5.82. The highest BCUT2D eigenvalue weighted by atomic mass is 32.2. The maximum atomic E-state index is 12.0. The lowest BCUT2D eigenvalue weighted by Crippen LogP contribution is -2.43. The first-order valence-electron chi connectivity index (χ1n) is 5.96. The van der Waals surface area contributed by atoms with Crippen molar-refractivity contribution in [1.29, 1.82) is 0 Å². The maximum absolute atomic E-state index is 12.0. The predicted molar refractivity (Wildman–Crippen MR) is 74.7 cm³/mol. The van der Waals surface area contributed by atoms with Gasteiger partial charge in [0.25, 0.3) is 10.2 Å². The quantitative estimate of drug-likeness (QED) is 0.816. The summed E-state index contributed by atoms with van der Waals surface area (Å²) in [6.07, 6.45) is 0.712. The van der Waals surface area contributed by atoms with Crippen LogP contribution in [-0.4, -0.2) is 44.2 Å². The topological polar surface area (TPSA) is 40.6 Å². The number of rotatable bonds is 5. The van der Waals surface area contributed by atoms with Gasteiger partial charge in [-0.05, 0) is 25.8 Å². The summed E-state index contributed by atoms with van der Waals surface area (Å²) in [6, 6.07) is 8.11. The Labute approximate surface area is 110 Å². The molecule has 0 saturated carbocycles. The van der Waals surface area contributed by atoms with Crippen LogP contribution >= 0.6 is 0 Å². The Kier molecular flexibility index (Phi) is 4.90. The minimum atomic E-state index is -3.34. The van der Waals surface area contributed by atoms with Crippen LogP contribution in [0.5, 0.6) is 0 Å². The molecule has 0 aliphatic carbocycles. The van der Waals surface area contributed by atoms with E-state index in [0.29, 0.717) is 6.42 Å². The monoisotopic (exact) mass is 270 g/mol. The van der Waals surface area contributed by atoms with Gasteiger partial charge in [-0.2, -0.15) is 17.0 Å². The third-order valence-electron chi connectivity index (χ3n) is 3.10. The molecule has 1 atom stereocenters. The molecule has 0 N–H and O–H groups in total. The highest BCUT2D eigenvalue weighted by molar-refractivity contribution is 7.86. The average molecular weight is 270 g/mol. The van der Waals surface area contributed by atoms with E-state index in [2.05, 4.69) is 0 Å². The number of nitrogens with zero attached hydrogens (tertiary/aromatic N) is 2. The Balaban J connectivity index is 2.77. The van der Waals surface area contributed by atoms with Crippen molar-refractivity contribution in [3.63, 3.8) is 0 Å². The van der Waals surface area contributed by atoms with Gasteiger partial charge >= 0.3 is 0 Å². The summed E-state index contributed by atoms with van der Waals surface area (Å²) in [6.45, 7) is 3.96. The molecule has 0 spiro atoms. The van der Waals surface area contributed by atoms with E-state index in [1.54, 1.807) is 21.1 Å². The Morgan fingerprint density at radius 2 is 1.61 bits per heavy atom. The molecule has 102 valence electrons. The molecule has 0 unspecified atom stereocenters. The van der Waals surface area contributed by atoms with E-state index >= 15 is 0 Å². The molecule has 0 heterocycles. The molecule has 0 aliphatic heterocycles. The molecule has 1 aromatic rings. The zero-order valence-corrected chi connectivity index (χ0v) is 12.5. The summed E-state index contributed by atoms with van der Waals surface area (Å²) in [7, 11) is 1.37. The highest BCUT2D eigenvalue weighted by Crippen LogP contribution is 2.13. The number of likely N-dealkylation sites (N-methyl/N-ethyl adjacent to an activating group) is 1. The number of hydrogen-bond donors (Lipinski definition) is 0. The Bertz CT molecular complexity index is 480. The first-order chi connectivity index (χ1) is 8.25. The van der Waals surface area contributed by atoms with Gasteiger partial charge in [-0.15, -0.1) is 0 Å². The summed E-state index contributed by atoms with van der Waals surface area (Å²) in [5.41, 5.74) is 2.36. The molecule has 0 aliphatic rings. The van der Waals surface area contributed by atoms with Gasteiger partial charge in [0.05, 0.1) is 0 Å². The van der Waals surface area contributed by atoms with Gasteiger partial charge in [0.1, 0.15) is 0 Å². The van der Waals surface area contributed by atoms with E-state index in [1.165, 1.54) is 14.2 Å². The summed E-state index contributed by atoms with van der Waals surface area (Å²) < 4.78 is 26.6. The van der Waals surface area contributed by atoms with Crippen LogP contribution in [0, 0.1) is 6.92 Å².